The molecule has 0 aliphatic heterocycles. The smallest absolute Gasteiger partial charge is 0.269 e. The average molecular weight is 271 g/mol. The highest BCUT2D eigenvalue weighted by Gasteiger charge is 2.03. The van der Waals surface area contributed by atoms with Gasteiger partial charge < -0.3 is 5.32 Å². The zero-order valence-corrected chi connectivity index (χ0v) is 11.2. The molecule has 0 saturated heterocycles. The molecule has 5 nitrogen and oxygen atoms in total. The van der Waals surface area contributed by atoms with Crippen molar-refractivity contribution < 1.29 is 4.92 Å². The van der Waals surface area contributed by atoms with Gasteiger partial charge in [0.25, 0.3) is 5.69 Å². The molecule has 0 atom stereocenters. The summed E-state index contributed by atoms with van der Waals surface area (Å²) in [6, 6.07) is 12.6. The lowest BCUT2D eigenvalue weighted by atomic mass is 10.1. The highest BCUT2D eigenvalue weighted by Crippen LogP contribution is 2.11. The molecule has 20 heavy (non-hydrogen) atoms. The molecule has 2 rings (SSSR count). The van der Waals surface area contributed by atoms with Crippen LogP contribution in [0.2, 0.25) is 0 Å². The van der Waals surface area contributed by atoms with Gasteiger partial charge in [0.1, 0.15) is 0 Å². The lowest BCUT2D eigenvalue weighted by Gasteiger charge is -2.04. The molecule has 0 amide bonds. The van der Waals surface area contributed by atoms with Crippen LogP contribution in [0, 0.1) is 10.1 Å². The fraction of sp³-hybridized carbons (Fsp3) is 0.267. The van der Waals surface area contributed by atoms with Crippen molar-refractivity contribution in [3.63, 3.8) is 0 Å². The van der Waals surface area contributed by atoms with E-state index in [0.717, 1.165) is 37.2 Å². The number of nitro groups is 1. The second-order valence-corrected chi connectivity index (χ2v) is 4.49. The molecule has 1 heterocycles. The monoisotopic (exact) mass is 271 g/mol. The maximum absolute atomic E-state index is 10.5. The number of benzene rings is 1. The summed E-state index contributed by atoms with van der Waals surface area (Å²) in [6.07, 6.45) is 3.56. The Labute approximate surface area is 117 Å². The predicted molar refractivity (Wildman–Crippen MR) is 77.6 cm³/mol. The highest BCUT2D eigenvalue weighted by atomic mass is 16.6. The van der Waals surface area contributed by atoms with Gasteiger partial charge in [-0.1, -0.05) is 18.2 Å². The molecule has 2 aromatic rings. The fourth-order valence-electron chi connectivity index (χ4n) is 1.90. The van der Waals surface area contributed by atoms with E-state index in [-0.39, 0.29) is 10.6 Å². The van der Waals surface area contributed by atoms with E-state index >= 15 is 0 Å². The average Bonchev–Trinajstić information content (AvgIpc) is 2.48. The quantitative estimate of drug-likeness (QED) is 0.477. The third kappa shape index (κ3) is 4.44. The number of rotatable bonds is 7. The van der Waals surface area contributed by atoms with E-state index in [1.54, 1.807) is 30.5 Å². The van der Waals surface area contributed by atoms with Crippen molar-refractivity contribution in [2.45, 2.75) is 12.8 Å². The minimum Gasteiger partial charge on any atom is -0.316 e. The fourth-order valence-corrected chi connectivity index (χ4v) is 1.90. The van der Waals surface area contributed by atoms with Gasteiger partial charge in [-0.2, -0.15) is 0 Å². The molecule has 0 aliphatic rings. The molecule has 5 heteroatoms. The molecule has 1 aromatic heterocycles. The molecular formula is C15H17N3O2. The summed E-state index contributed by atoms with van der Waals surface area (Å²) >= 11 is 0. The van der Waals surface area contributed by atoms with Crippen LogP contribution in [0.25, 0.3) is 0 Å². The van der Waals surface area contributed by atoms with E-state index in [1.165, 1.54) is 0 Å². The van der Waals surface area contributed by atoms with E-state index in [2.05, 4.69) is 10.3 Å². The third-order valence-corrected chi connectivity index (χ3v) is 3.02. The molecule has 0 fully saturated rings. The second-order valence-electron chi connectivity index (χ2n) is 4.49. The molecule has 1 N–H and O–H groups in total. The number of hydrogen-bond donors (Lipinski definition) is 1. The topological polar surface area (TPSA) is 68.1 Å². The Balaban J connectivity index is 1.67. The lowest BCUT2D eigenvalue weighted by molar-refractivity contribution is -0.384. The molecule has 0 spiro atoms. The minimum absolute atomic E-state index is 0.136. The van der Waals surface area contributed by atoms with Crippen molar-refractivity contribution in [3.8, 4) is 0 Å². The summed E-state index contributed by atoms with van der Waals surface area (Å²) in [6.45, 7) is 1.73. The summed E-state index contributed by atoms with van der Waals surface area (Å²) in [5.41, 5.74) is 2.31. The molecule has 0 saturated carbocycles. The Morgan fingerprint density at radius 2 is 1.80 bits per heavy atom. The molecule has 0 bridgehead atoms. The Kier molecular flexibility index (Phi) is 5.20. The van der Waals surface area contributed by atoms with Gasteiger partial charge in [-0.15, -0.1) is 0 Å². The Bertz CT molecular complexity index is 541. The van der Waals surface area contributed by atoms with Crippen LogP contribution >= 0.6 is 0 Å². The van der Waals surface area contributed by atoms with Crippen molar-refractivity contribution >= 4 is 5.69 Å². The first kappa shape index (κ1) is 14.1. The van der Waals surface area contributed by atoms with Gasteiger partial charge in [-0.3, -0.25) is 15.1 Å². The molecule has 1 aromatic carbocycles. The van der Waals surface area contributed by atoms with Gasteiger partial charge in [0.05, 0.1) is 4.92 Å². The largest absolute Gasteiger partial charge is 0.316 e. The van der Waals surface area contributed by atoms with E-state index in [0.29, 0.717) is 0 Å². The van der Waals surface area contributed by atoms with Crippen molar-refractivity contribution in [3.05, 3.63) is 70.0 Å². The first-order chi connectivity index (χ1) is 9.75. The van der Waals surface area contributed by atoms with Crippen LogP contribution in [-0.2, 0) is 12.8 Å². The van der Waals surface area contributed by atoms with Crippen LogP contribution in [0.1, 0.15) is 11.3 Å². The normalized spacial score (nSPS) is 10.4. The predicted octanol–water partition coefficient (Wildman–Crippen LogP) is 2.36. The minimum atomic E-state index is -0.380. The van der Waals surface area contributed by atoms with Crippen LogP contribution < -0.4 is 5.32 Å². The van der Waals surface area contributed by atoms with Crippen molar-refractivity contribution in [1.29, 1.82) is 0 Å². The van der Waals surface area contributed by atoms with Gasteiger partial charge in [0.15, 0.2) is 0 Å². The maximum atomic E-state index is 10.5. The van der Waals surface area contributed by atoms with Crippen LogP contribution in [-0.4, -0.2) is 23.0 Å². The summed E-state index contributed by atoms with van der Waals surface area (Å²) in [4.78, 5) is 14.4. The van der Waals surface area contributed by atoms with E-state index in [4.69, 9.17) is 0 Å². The molecular weight excluding hydrogens is 254 g/mol. The standard InChI is InChI=1S/C15H17N3O2/c19-18(20)15-6-4-13(5-7-15)8-11-16-12-9-14-3-1-2-10-17-14/h1-7,10,16H,8-9,11-12H2. The summed E-state index contributed by atoms with van der Waals surface area (Å²) in [5, 5.41) is 13.9. The van der Waals surface area contributed by atoms with Crippen molar-refractivity contribution in [2.75, 3.05) is 13.1 Å². The second kappa shape index (κ2) is 7.35. The van der Waals surface area contributed by atoms with Gasteiger partial charge in [-0.05, 0) is 30.7 Å². The Morgan fingerprint density at radius 3 is 2.45 bits per heavy atom. The van der Waals surface area contributed by atoms with E-state index in [1.807, 2.05) is 18.2 Å². The van der Waals surface area contributed by atoms with Crippen molar-refractivity contribution in [1.82, 2.24) is 10.3 Å². The summed E-state index contributed by atoms with van der Waals surface area (Å²) in [7, 11) is 0. The summed E-state index contributed by atoms with van der Waals surface area (Å²) < 4.78 is 0. The van der Waals surface area contributed by atoms with Crippen LogP contribution in [0.15, 0.2) is 48.7 Å². The third-order valence-electron chi connectivity index (χ3n) is 3.02. The number of nitrogens with zero attached hydrogens (tertiary/aromatic N) is 2. The molecule has 0 radical (unpaired) electrons. The number of nitro benzene ring substituents is 1. The number of pyridine rings is 1. The molecule has 0 aliphatic carbocycles. The molecule has 104 valence electrons. The Morgan fingerprint density at radius 1 is 1.05 bits per heavy atom. The first-order valence-electron chi connectivity index (χ1n) is 6.59. The lowest BCUT2D eigenvalue weighted by Crippen LogP contribution is -2.20. The van der Waals surface area contributed by atoms with Gasteiger partial charge >= 0.3 is 0 Å². The Hall–Kier alpha value is -2.27. The SMILES string of the molecule is O=[N+]([O-])c1ccc(CCNCCc2ccccn2)cc1. The summed E-state index contributed by atoms with van der Waals surface area (Å²) in [5.74, 6) is 0. The molecule has 0 unspecified atom stereocenters. The zero-order valence-electron chi connectivity index (χ0n) is 11.2. The number of nitrogens with one attached hydrogen (secondary N) is 1. The van der Waals surface area contributed by atoms with Crippen LogP contribution in [0.3, 0.4) is 0 Å². The van der Waals surface area contributed by atoms with E-state index in [9.17, 15) is 10.1 Å². The number of hydrogen-bond acceptors (Lipinski definition) is 4. The number of non-ortho nitro benzene ring substituents is 1. The van der Waals surface area contributed by atoms with E-state index < -0.39 is 0 Å². The number of aromatic nitrogens is 1. The van der Waals surface area contributed by atoms with Gasteiger partial charge in [-0.25, -0.2) is 0 Å². The zero-order chi connectivity index (χ0) is 14.2. The highest BCUT2D eigenvalue weighted by molar-refractivity contribution is 5.32. The maximum Gasteiger partial charge on any atom is 0.269 e. The van der Waals surface area contributed by atoms with Gasteiger partial charge in [0, 0.05) is 37.0 Å². The van der Waals surface area contributed by atoms with Crippen molar-refractivity contribution in [2.24, 2.45) is 0 Å². The van der Waals surface area contributed by atoms with Gasteiger partial charge in [0.2, 0.25) is 0 Å². The van der Waals surface area contributed by atoms with Crippen LogP contribution in [0.5, 0.6) is 0 Å². The first-order valence-corrected chi connectivity index (χ1v) is 6.59. The van der Waals surface area contributed by atoms with Crippen LogP contribution in [0.4, 0.5) is 5.69 Å².